The van der Waals surface area contributed by atoms with Crippen LogP contribution < -0.4 is 10.1 Å². The molecule has 2 aromatic carbocycles. The Balaban J connectivity index is 0.00000201. The van der Waals surface area contributed by atoms with Gasteiger partial charge in [-0.25, -0.2) is 0 Å². The summed E-state index contributed by atoms with van der Waals surface area (Å²) in [7, 11) is 0. The van der Waals surface area contributed by atoms with Crippen LogP contribution in [0.1, 0.15) is 46.4 Å². The van der Waals surface area contributed by atoms with E-state index in [1.807, 2.05) is 64.1 Å². The summed E-state index contributed by atoms with van der Waals surface area (Å²) >= 11 is 0. The largest absolute Gasteiger partial charge is 0.492 e. The zero-order chi connectivity index (χ0) is 18.7. The normalized spacial score (nSPS) is 10.2. The molecule has 2 aromatic rings. The molecule has 2 rings (SSSR count). The van der Waals surface area contributed by atoms with Crippen molar-refractivity contribution in [1.29, 1.82) is 0 Å². The molecule has 25 heavy (non-hydrogen) atoms. The highest BCUT2D eigenvalue weighted by atomic mass is 16.5. The van der Waals surface area contributed by atoms with E-state index < -0.39 is 0 Å². The molecule has 0 aliphatic carbocycles. The standard InChI is InChI=1S/C20H25NO2.C2H6.H2/c1-4-21-12-13-23-19-14-17(20(22)15(2)3)10-11-18(19)16-8-6-5-7-9-16;1-2;/h5-11,14-15,21H,4,12-13H2,1-3H3;1-2H3;1H. The number of benzene rings is 2. The summed E-state index contributed by atoms with van der Waals surface area (Å²) in [5.41, 5.74) is 2.81. The number of rotatable bonds is 8. The van der Waals surface area contributed by atoms with E-state index in [2.05, 4.69) is 24.4 Å². The number of ketones is 1. The van der Waals surface area contributed by atoms with Crippen LogP contribution >= 0.6 is 0 Å². The molecule has 1 N–H and O–H groups in total. The topological polar surface area (TPSA) is 38.3 Å². The van der Waals surface area contributed by atoms with Crippen molar-refractivity contribution in [3.63, 3.8) is 0 Å². The van der Waals surface area contributed by atoms with Crippen LogP contribution in [0.2, 0.25) is 0 Å². The van der Waals surface area contributed by atoms with Gasteiger partial charge < -0.3 is 10.1 Å². The zero-order valence-electron chi connectivity index (χ0n) is 16.1. The summed E-state index contributed by atoms with van der Waals surface area (Å²) in [5, 5.41) is 3.24. The van der Waals surface area contributed by atoms with Gasteiger partial charge in [-0.1, -0.05) is 71.0 Å². The van der Waals surface area contributed by atoms with Gasteiger partial charge in [0.05, 0.1) is 0 Å². The fourth-order valence-electron chi connectivity index (χ4n) is 2.39. The third-order valence-corrected chi connectivity index (χ3v) is 3.66. The van der Waals surface area contributed by atoms with Gasteiger partial charge in [0.1, 0.15) is 12.4 Å². The molecule has 3 heteroatoms. The van der Waals surface area contributed by atoms with Crippen molar-refractivity contribution in [3.8, 4) is 16.9 Å². The smallest absolute Gasteiger partial charge is 0.165 e. The highest BCUT2D eigenvalue weighted by Crippen LogP contribution is 2.31. The van der Waals surface area contributed by atoms with Crippen molar-refractivity contribution in [2.75, 3.05) is 19.7 Å². The van der Waals surface area contributed by atoms with E-state index in [4.69, 9.17) is 4.74 Å². The minimum atomic E-state index is -0.0211. The Kier molecular flexibility index (Phi) is 9.56. The molecule has 3 nitrogen and oxygen atoms in total. The van der Waals surface area contributed by atoms with Gasteiger partial charge in [0, 0.05) is 25.0 Å². The van der Waals surface area contributed by atoms with Crippen molar-refractivity contribution in [1.82, 2.24) is 5.32 Å². The van der Waals surface area contributed by atoms with Crippen molar-refractivity contribution < 1.29 is 11.0 Å². The number of hydrogen-bond donors (Lipinski definition) is 1. The molecule has 0 radical (unpaired) electrons. The number of hydrogen-bond acceptors (Lipinski definition) is 3. The Labute approximate surface area is 153 Å². The summed E-state index contributed by atoms with van der Waals surface area (Å²) in [6.07, 6.45) is 0. The molecule has 0 unspecified atom stereocenters. The quantitative estimate of drug-likeness (QED) is 0.511. The summed E-state index contributed by atoms with van der Waals surface area (Å²) < 4.78 is 5.95. The van der Waals surface area contributed by atoms with Crippen LogP contribution in [0.4, 0.5) is 0 Å². The lowest BCUT2D eigenvalue weighted by Gasteiger charge is -2.14. The molecule has 0 amide bonds. The molecule has 138 valence electrons. The summed E-state index contributed by atoms with van der Waals surface area (Å²) in [6, 6.07) is 15.8. The fourth-order valence-corrected chi connectivity index (χ4v) is 2.39. The van der Waals surface area contributed by atoms with Crippen LogP contribution in [0, 0.1) is 5.92 Å². The molecular formula is C22H33NO2. The average molecular weight is 344 g/mol. The van der Waals surface area contributed by atoms with Gasteiger partial charge in [-0.05, 0) is 24.2 Å². The molecule has 0 atom stereocenters. The Morgan fingerprint density at radius 2 is 1.80 bits per heavy atom. The molecule has 0 saturated carbocycles. The monoisotopic (exact) mass is 343 g/mol. The molecule has 0 heterocycles. The van der Waals surface area contributed by atoms with E-state index in [9.17, 15) is 4.79 Å². The van der Waals surface area contributed by atoms with Crippen molar-refractivity contribution in [2.45, 2.75) is 34.6 Å². The van der Waals surface area contributed by atoms with Gasteiger partial charge >= 0.3 is 0 Å². The fraction of sp³-hybridized carbons (Fsp3) is 0.409. The maximum atomic E-state index is 12.3. The van der Waals surface area contributed by atoms with Crippen LogP contribution in [0.5, 0.6) is 5.75 Å². The van der Waals surface area contributed by atoms with Crippen LogP contribution in [0.25, 0.3) is 11.1 Å². The summed E-state index contributed by atoms with van der Waals surface area (Å²) in [4.78, 5) is 12.3. The predicted molar refractivity (Wildman–Crippen MR) is 109 cm³/mol. The maximum Gasteiger partial charge on any atom is 0.165 e. The Morgan fingerprint density at radius 3 is 2.40 bits per heavy atom. The van der Waals surface area contributed by atoms with Crippen LogP contribution in [0.15, 0.2) is 48.5 Å². The minimum absolute atomic E-state index is 0. The Hall–Kier alpha value is -2.13. The third kappa shape index (κ3) is 6.35. The Morgan fingerprint density at radius 1 is 1.12 bits per heavy atom. The lowest BCUT2D eigenvalue weighted by Crippen LogP contribution is -2.20. The van der Waals surface area contributed by atoms with Crippen LogP contribution in [-0.2, 0) is 0 Å². The van der Waals surface area contributed by atoms with E-state index in [1.165, 1.54) is 0 Å². The van der Waals surface area contributed by atoms with E-state index in [-0.39, 0.29) is 13.1 Å². The lowest BCUT2D eigenvalue weighted by molar-refractivity contribution is 0.0939. The number of likely N-dealkylation sites (N-methyl/N-ethyl adjacent to an activating group) is 1. The highest BCUT2D eigenvalue weighted by Gasteiger charge is 2.14. The van der Waals surface area contributed by atoms with Gasteiger partial charge in [0.25, 0.3) is 0 Å². The molecule has 0 aliphatic heterocycles. The molecule has 0 bridgehead atoms. The Bertz CT molecular complexity index is 642. The summed E-state index contributed by atoms with van der Waals surface area (Å²) in [6.45, 7) is 12.2. The zero-order valence-corrected chi connectivity index (χ0v) is 16.1. The molecule has 0 aromatic heterocycles. The van der Waals surface area contributed by atoms with Gasteiger partial charge in [-0.2, -0.15) is 0 Å². The number of ether oxygens (including phenoxy) is 1. The van der Waals surface area contributed by atoms with Gasteiger partial charge in [-0.15, -0.1) is 0 Å². The SMILES string of the molecule is CC.CCNCCOc1cc(C(=O)C(C)C)ccc1-c1ccccc1.[HH]. The molecule has 0 spiro atoms. The van der Waals surface area contributed by atoms with E-state index in [0.29, 0.717) is 12.2 Å². The van der Waals surface area contributed by atoms with Crippen LogP contribution in [-0.4, -0.2) is 25.5 Å². The summed E-state index contributed by atoms with van der Waals surface area (Å²) in [5.74, 6) is 0.883. The third-order valence-electron chi connectivity index (χ3n) is 3.66. The molecule has 0 aliphatic rings. The van der Waals surface area contributed by atoms with E-state index in [0.717, 1.165) is 30.0 Å². The van der Waals surface area contributed by atoms with Gasteiger partial charge in [-0.3, -0.25) is 4.79 Å². The highest BCUT2D eigenvalue weighted by molar-refractivity contribution is 5.98. The second kappa shape index (κ2) is 11.4. The molecular weight excluding hydrogens is 310 g/mol. The lowest BCUT2D eigenvalue weighted by atomic mass is 9.97. The maximum absolute atomic E-state index is 12.3. The second-order valence-corrected chi connectivity index (χ2v) is 5.80. The number of carbonyl (C=O) groups is 1. The first-order valence-electron chi connectivity index (χ1n) is 9.20. The first-order chi connectivity index (χ1) is 12.1. The first kappa shape index (κ1) is 20.9. The van der Waals surface area contributed by atoms with Crippen molar-refractivity contribution in [2.24, 2.45) is 5.92 Å². The minimum Gasteiger partial charge on any atom is -0.492 e. The number of Topliss-reactive ketones (excluding diaryl/α,β-unsaturated/α-hetero) is 1. The van der Waals surface area contributed by atoms with Gasteiger partial charge in [0.2, 0.25) is 0 Å². The second-order valence-electron chi connectivity index (χ2n) is 5.80. The first-order valence-corrected chi connectivity index (χ1v) is 9.20. The number of nitrogens with one attached hydrogen (secondary N) is 1. The number of carbonyl (C=O) groups excluding carboxylic acids is 1. The van der Waals surface area contributed by atoms with Crippen molar-refractivity contribution >= 4 is 5.78 Å². The molecule has 0 saturated heterocycles. The molecule has 0 fully saturated rings. The van der Waals surface area contributed by atoms with Gasteiger partial charge in [0.15, 0.2) is 5.78 Å². The predicted octanol–water partition coefficient (Wildman–Crippen LogP) is 5.45. The van der Waals surface area contributed by atoms with Crippen molar-refractivity contribution in [3.05, 3.63) is 54.1 Å². The average Bonchev–Trinajstić information content (AvgIpc) is 2.66. The van der Waals surface area contributed by atoms with E-state index >= 15 is 0 Å². The van der Waals surface area contributed by atoms with Crippen LogP contribution in [0.3, 0.4) is 0 Å². The van der Waals surface area contributed by atoms with E-state index in [1.54, 1.807) is 0 Å².